The number of ether oxygens (including phenoxy) is 1. The number of nitrogens with zero attached hydrogens (tertiary/aromatic N) is 3. The van der Waals surface area contributed by atoms with Gasteiger partial charge in [0, 0.05) is 19.5 Å². The van der Waals surface area contributed by atoms with Gasteiger partial charge in [0.25, 0.3) is 0 Å². The van der Waals surface area contributed by atoms with E-state index in [0.717, 1.165) is 31.5 Å². The van der Waals surface area contributed by atoms with E-state index in [0.29, 0.717) is 28.8 Å². The Balaban J connectivity index is 1.65. The Morgan fingerprint density at radius 1 is 1.27 bits per heavy atom. The maximum atomic E-state index is 13.1. The minimum atomic E-state index is -0.783. The van der Waals surface area contributed by atoms with Gasteiger partial charge in [0.05, 0.1) is 24.3 Å². The zero-order valence-corrected chi connectivity index (χ0v) is 17.2. The number of amides is 2. The molecule has 4 N–H and O–H groups in total. The third-order valence-corrected chi connectivity index (χ3v) is 5.53. The van der Waals surface area contributed by atoms with E-state index in [1.54, 1.807) is 6.07 Å². The molecule has 0 saturated carbocycles. The van der Waals surface area contributed by atoms with E-state index >= 15 is 0 Å². The number of hydrogen-bond donors (Lipinski definition) is 3. The number of nitrogens with one attached hydrogen (secondary N) is 2. The van der Waals surface area contributed by atoms with Crippen molar-refractivity contribution in [3.63, 3.8) is 0 Å². The Morgan fingerprint density at radius 3 is 2.77 bits per heavy atom. The van der Waals surface area contributed by atoms with Crippen LogP contribution >= 0.6 is 0 Å². The number of fused-ring (bicyclic) bond motifs is 1. The fourth-order valence-electron chi connectivity index (χ4n) is 3.98. The van der Waals surface area contributed by atoms with Crippen LogP contribution in [0, 0.1) is 6.92 Å². The van der Waals surface area contributed by atoms with E-state index in [4.69, 9.17) is 10.5 Å². The Hall–Kier alpha value is -3.36. The molecule has 2 amide bonds. The molecule has 1 saturated heterocycles. The quantitative estimate of drug-likeness (QED) is 0.707. The summed E-state index contributed by atoms with van der Waals surface area (Å²) in [5.41, 5.74) is 8.24. The van der Waals surface area contributed by atoms with Gasteiger partial charge >= 0.3 is 0 Å². The van der Waals surface area contributed by atoms with E-state index in [1.807, 2.05) is 19.1 Å². The molecule has 9 heteroatoms. The van der Waals surface area contributed by atoms with Crippen LogP contribution in [-0.2, 0) is 9.59 Å². The van der Waals surface area contributed by atoms with Crippen LogP contribution in [0.5, 0.6) is 5.75 Å². The van der Waals surface area contributed by atoms with Crippen LogP contribution in [0.3, 0.4) is 0 Å². The van der Waals surface area contributed by atoms with Gasteiger partial charge in [-0.25, -0.2) is 0 Å². The van der Waals surface area contributed by atoms with Gasteiger partial charge in [-0.1, -0.05) is 6.07 Å². The number of hydrogen-bond acceptors (Lipinski definition) is 7. The molecular formula is C21H26N6O3. The zero-order chi connectivity index (χ0) is 21.3. The number of aryl methyl sites for hydroxylation is 1. The molecule has 3 heterocycles. The second-order valence-electron chi connectivity index (χ2n) is 7.72. The van der Waals surface area contributed by atoms with E-state index in [2.05, 4.69) is 25.5 Å². The van der Waals surface area contributed by atoms with Crippen molar-refractivity contribution in [2.45, 2.75) is 38.5 Å². The number of carbonyl (C=O) groups is 2. The first-order valence-electron chi connectivity index (χ1n) is 10.1. The molecule has 158 valence electrons. The number of rotatable bonds is 4. The highest BCUT2D eigenvalue weighted by atomic mass is 16.5. The maximum Gasteiger partial charge on any atom is 0.232 e. The Bertz CT molecular complexity index is 987. The van der Waals surface area contributed by atoms with E-state index in [9.17, 15) is 9.59 Å². The summed E-state index contributed by atoms with van der Waals surface area (Å²) in [6.45, 7) is 3.62. The number of anilines is 4. The van der Waals surface area contributed by atoms with E-state index < -0.39 is 5.92 Å². The van der Waals surface area contributed by atoms with Crippen molar-refractivity contribution >= 4 is 35.1 Å². The third-order valence-electron chi connectivity index (χ3n) is 5.53. The van der Waals surface area contributed by atoms with Crippen LogP contribution in [-0.4, -0.2) is 42.0 Å². The highest BCUT2D eigenvalue weighted by Gasteiger charge is 2.35. The first-order valence-corrected chi connectivity index (χ1v) is 10.1. The maximum absolute atomic E-state index is 13.1. The summed E-state index contributed by atoms with van der Waals surface area (Å²) in [5.74, 6) is 0.159. The minimum Gasteiger partial charge on any atom is -0.495 e. The summed E-state index contributed by atoms with van der Waals surface area (Å²) in [5, 5.41) is 5.63. The average Bonchev–Trinajstić information content (AvgIpc) is 2.73. The van der Waals surface area contributed by atoms with Crippen molar-refractivity contribution in [2.24, 2.45) is 0 Å². The van der Waals surface area contributed by atoms with Crippen molar-refractivity contribution in [1.82, 2.24) is 9.97 Å². The van der Waals surface area contributed by atoms with E-state index in [-0.39, 0.29) is 24.1 Å². The monoisotopic (exact) mass is 410 g/mol. The van der Waals surface area contributed by atoms with Gasteiger partial charge in [0.2, 0.25) is 17.8 Å². The van der Waals surface area contributed by atoms with Crippen LogP contribution < -0.4 is 26.0 Å². The second kappa shape index (κ2) is 8.17. The van der Waals surface area contributed by atoms with Gasteiger partial charge in [-0.2, -0.15) is 9.97 Å². The Morgan fingerprint density at radius 2 is 2.03 bits per heavy atom. The van der Waals surface area contributed by atoms with Crippen LogP contribution in [0.15, 0.2) is 18.2 Å². The normalized spacial score (nSPS) is 18.4. The molecule has 1 aromatic carbocycles. The lowest BCUT2D eigenvalue weighted by atomic mass is 9.91. The van der Waals surface area contributed by atoms with Crippen LogP contribution in [0.2, 0.25) is 0 Å². The van der Waals surface area contributed by atoms with Crippen molar-refractivity contribution in [3.05, 3.63) is 29.3 Å². The van der Waals surface area contributed by atoms with Gasteiger partial charge in [-0.3, -0.25) is 9.59 Å². The predicted octanol–water partition coefficient (Wildman–Crippen LogP) is 2.43. The predicted molar refractivity (Wildman–Crippen MR) is 115 cm³/mol. The molecule has 4 rings (SSSR count). The molecule has 1 fully saturated rings. The number of methoxy groups -OCH3 is 1. The molecule has 0 radical (unpaired) electrons. The molecule has 9 nitrogen and oxygen atoms in total. The number of nitrogen functional groups attached to an aromatic ring is 1. The van der Waals surface area contributed by atoms with Crippen LogP contribution in [0.1, 0.15) is 42.7 Å². The van der Waals surface area contributed by atoms with Gasteiger partial charge in [0.1, 0.15) is 17.4 Å². The van der Waals surface area contributed by atoms with Crippen molar-refractivity contribution in [3.8, 4) is 5.75 Å². The lowest BCUT2D eigenvalue weighted by Crippen LogP contribution is -2.35. The molecule has 1 unspecified atom stereocenters. The lowest BCUT2D eigenvalue weighted by molar-refractivity contribution is -0.123. The second-order valence-corrected chi connectivity index (χ2v) is 7.72. The number of carbonyl (C=O) groups excluding carboxylic acids is 2. The van der Waals surface area contributed by atoms with Gasteiger partial charge in [-0.15, -0.1) is 0 Å². The minimum absolute atomic E-state index is 0.0242. The lowest BCUT2D eigenvalue weighted by Gasteiger charge is -2.30. The van der Waals surface area contributed by atoms with Crippen molar-refractivity contribution < 1.29 is 14.3 Å². The average molecular weight is 410 g/mol. The fraction of sp³-hybridized carbons (Fsp3) is 0.429. The highest BCUT2D eigenvalue weighted by molar-refractivity contribution is 6.06. The number of benzene rings is 1. The molecule has 0 bridgehead atoms. The molecule has 2 aliphatic heterocycles. The molecule has 2 aromatic rings. The fourth-order valence-corrected chi connectivity index (χ4v) is 3.98. The van der Waals surface area contributed by atoms with Crippen molar-refractivity contribution in [2.75, 3.05) is 41.5 Å². The first-order chi connectivity index (χ1) is 14.5. The molecule has 0 spiro atoms. The molecule has 0 aliphatic carbocycles. The summed E-state index contributed by atoms with van der Waals surface area (Å²) >= 11 is 0. The largest absolute Gasteiger partial charge is 0.495 e. The number of aromatic nitrogens is 2. The SMILES string of the molecule is COc1ccc(C)cc1NC(=O)C1CC(=O)Nc2nc(N3CCCCC3)nc(N)c21. The Kier molecular flexibility index (Phi) is 5.43. The van der Waals surface area contributed by atoms with Gasteiger partial charge in [0.15, 0.2) is 0 Å². The third kappa shape index (κ3) is 3.87. The molecule has 1 atom stereocenters. The molecule has 1 aromatic heterocycles. The summed E-state index contributed by atoms with van der Waals surface area (Å²) in [7, 11) is 1.54. The number of nitrogens with two attached hydrogens (primary N) is 1. The summed E-state index contributed by atoms with van der Waals surface area (Å²) in [6.07, 6.45) is 3.29. The van der Waals surface area contributed by atoms with Crippen molar-refractivity contribution in [1.29, 1.82) is 0 Å². The van der Waals surface area contributed by atoms with E-state index in [1.165, 1.54) is 13.5 Å². The smallest absolute Gasteiger partial charge is 0.232 e. The topological polar surface area (TPSA) is 122 Å². The molecular weight excluding hydrogens is 384 g/mol. The highest BCUT2D eigenvalue weighted by Crippen LogP contribution is 2.37. The standard InChI is InChI=1S/C21H26N6O3/c1-12-6-7-15(30-2)14(10-12)23-20(29)13-11-16(28)24-19-17(13)18(22)25-21(26-19)27-8-4-3-5-9-27/h6-7,10,13H,3-5,8-9,11H2,1-2H3,(H,23,29)(H3,22,24,25,26,28). The summed E-state index contributed by atoms with van der Waals surface area (Å²) in [4.78, 5) is 36.5. The number of piperidine rings is 1. The summed E-state index contributed by atoms with van der Waals surface area (Å²) in [6, 6.07) is 5.50. The van der Waals surface area contributed by atoms with Crippen LogP contribution in [0.4, 0.5) is 23.3 Å². The van der Waals surface area contributed by atoms with Crippen LogP contribution in [0.25, 0.3) is 0 Å². The molecule has 2 aliphatic rings. The van der Waals surface area contributed by atoms with Gasteiger partial charge < -0.3 is 26.0 Å². The van der Waals surface area contributed by atoms with Gasteiger partial charge in [-0.05, 0) is 43.9 Å². The summed E-state index contributed by atoms with van der Waals surface area (Å²) < 4.78 is 5.34. The Labute approximate surface area is 175 Å². The molecule has 30 heavy (non-hydrogen) atoms. The zero-order valence-electron chi connectivity index (χ0n) is 17.2. The first kappa shape index (κ1) is 19.9.